The third kappa shape index (κ3) is 3.03. The van der Waals surface area contributed by atoms with E-state index < -0.39 is 5.92 Å². The Morgan fingerprint density at radius 2 is 1.86 bits per heavy atom. The second-order valence-corrected chi connectivity index (χ2v) is 6.03. The van der Waals surface area contributed by atoms with Gasteiger partial charge in [0, 0.05) is 51.4 Å². The van der Waals surface area contributed by atoms with Crippen LogP contribution in [0, 0.1) is 5.92 Å². The number of likely N-dealkylation sites (tertiary alicyclic amines) is 1. The Bertz CT molecular complexity index is 533. The van der Waals surface area contributed by atoms with Crippen molar-refractivity contribution in [3.8, 4) is 0 Å². The molecule has 22 heavy (non-hydrogen) atoms. The van der Waals surface area contributed by atoms with Crippen LogP contribution < -0.4 is 4.90 Å². The number of rotatable bonds is 3. The van der Waals surface area contributed by atoms with Gasteiger partial charge in [0.1, 0.15) is 0 Å². The van der Waals surface area contributed by atoms with E-state index in [-0.39, 0.29) is 37.8 Å². The van der Waals surface area contributed by atoms with E-state index >= 15 is 0 Å². The van der Waals surface area contributed by atoms with Gasteiger partial charge in [-0.05, 0) is 12.0 Å². The lowest BCUT2D eigenvalue weighted by Crippen LogP contribution is -2.56. The van der Waals surface area contributed by atoms with E-state index in [1.165, 1.54) is 0 Å². The van der Waals surface area contributed by atoms with E-state index in [0.29, 0.717) is 19.0 Å². The van der Waals surface area contributed by atoms with E-state index in [2.05, 4.69) is 9.97 Å². The maximum atomic E-state index is 13.1. The SMILES string of the molecule is CCc1cnc(N2CC(C(=O)N3CCC(F)(F)CC3)C2)nc1. The van der Waals surface area contributed by atoms with Crippen molar-refractivity contribution >= 4 is 11.9 Å². The first kappa shape index (κ1) is 15.1. The van der Waals surface area contributed by atoms with Crippen LogP contribution in [0.4, 0.5) is 14.7 Å². The van der Waals surface area contributed by atoms with Gasteiger partial charge in [-0.1, -0.05) is 6.92 Å². The number of hydrogen-bond acceptors (Lipinski definition) is 4. The first-order chi connectivity index (χ1) is 10.5. The van der Waals surface area contributed by atoms with Gasteiger partial charge in [0.2, 0.25) is 11.9 Å². The molecular formula is C15H20F2N4O. The van der Waals surface area contributed by atoms with Crippen LogP contribution in [-0.4, -0.2) is 52.9 Å². The fourth-order valence-electron chi connectivity index (χ4n) is 2.80. The number of aromatic nitrogens is 2. The summed E-state index contributed by atoms with van der Waals surface area (Å²) in [5, 5.41) is 0. The van der Waals surface area contributed by atoms with Crippen LogP contribution in [-0.2, 0) is 11.2 Å². The van der Waals surface area contributed by atoms with Gasteiger partial charge in [0.15, 0.2) is 0 Å². The molecule has 120 valence electrons. The zero-order chi connectivity index (χ0) is 15.7. The van der Waals surface area contributed by atoms with Gasteiger partial charge in [-0.15, -0.1) is 0 Å². The smallest absolute Gasteiger partial charge is 0.251 e. The van der Waals surface area contributed by atoms with E-state index in [1.807, 2.05) is 11.8 Å². The predicted molar refractivity (Wildman–Crippen MR) is 77.9 cm³/mol. The summed E-state index contributed by atoms with van der Waals surface area (Å²) in [5.41, 5.74) is 1.08. The van der Waals surface area contributed by atoms with Gasteiger partial charge in [-0.25, -0.2) is 18.7 Å². The summed E-state index contributed by atoms with van der Waals surface area (Å²) in [4.78, 5) is 24.4. The van der Waals surface area contributed by atoms with Crippen molar-refractivity contribution in [2.45, 2.75) is 32.1 Å². The quantitative estimate of drug-likeness (QED) is 0.853. The van der Waals surface area contributed by atoms with Crippen LogP contribution >= 0.6 is 0 Å². The largest absolute Gasteiger partial charge is 0.342 e. The topological polar surface area (TPSA) is 49.3 Å². The molecule has 1 aromatic heterocycles. The van der Waals surface area contributed by atoms with Crippen molar-refractivity contribution in [2.75, 3.05) is 31.1 Å². The molecule has 2 aliphatic rings. The molecule has 2 saturated heterocycles. The van der Waals surface area contributed by atoms with Crippen LogP contribution in [0.15, 0.2) is 12.4 Å². The van der Waals surface area contributed by atoms with Crippen molar-refractivity contribution in [2.24, 2.45) is 5.92 Å². The molecule has 5 nitrogen and oxygen atoms in total. The highest BCUT2D eigenvalue weighted by Crippen LogP contribution is 2.30. The zero-order valence-corrected chi connectivity index (χ0v) is 12.6. The molecule has 7 heteroatoms. The minimum Gasteiger partial charge on any atom is -0.342 e. The summed E-state index contributed by atoms with van der Waals surface area (Å²) in [6.07, 6.45) is 4.03. The molecule has 0 aliphatic carbocycles. The molecule has 0 spiro atoms. The highest BCUT2D eigenvalue weighted by molar-refractivity contribution is 5.81. The van der Waals surface area contributed by atoms with Crippen LogP contribution in [0.3, 0.4) is 0 Å². The number of hydrogen-bond donors (Lipinski definition) is 0. The lowest BCUT2D eigenvalue weighted by Gasteiger charge is -2.42. The second-order valence-electron chi connectivity index (χ2n) is 6.03. The van der Waals surface area contributed by atoms with Crippen molar-refractivity contribution in [3.05, 3.63) is 18.0 Å². The number of halogens is 2. The second kappa shape index (κ2) is 5.78. The summed E-state index contributed by atoms with van der Waals surface area (Å²) in [7, 11) is 0. The number of nitrogens with zero attached hydrogens (tertiary/aromatic N) is 4. The standard InChI is InChI=1S/C15H20F2N4O/c1-2-11-7-18-14(19-8-11)21-9-12(10-21)13(22)20-5-3-15(16,17)4-6-20/h7-8,12H,2-6,9-10H2,1H3. The molecule has 0 unspecified atom stereocenters. The summed E-state index contributed by atoms with van der Waals surface area (Å²) in [5.74, 6) is -2.12. The van der Waals surface area contributed by atoms with Gasteiger partial charge in [-0.2, -0.15) is 0 Å². The van der Waals surface area contributed by atoms with Gasteiger partial charge < -0.3 is 9.80 Å². The highest BCUT2D eigenvalue weighted by Gasteiger charge is 2.41. The van der Waals surface area contributed by atoms with Gasteiger partial charge in [0.05, 0.1) is 5.92 Å². The van der Waals surface area contributed by atoms with Crippen LogP contribution in [0.2, 0.25) is 0 Å². The summed E-state index contributed by atoms with van der Waals surface area (Å²) in [6.45, 7) is 3.49. The van der Waals surface area contributed by atoms with E-state index in [1.54, 1.807) is 17.3 Å². The monoisotopic (exact) mass is 310 g/mol. The number of anilines is 1. The Morgan fingerprint density at radius 3 is 2.41 bits per heavy atom. The Balaban J connectivity index is 1.51. The molecule has 1 aromatic rings. The van der Waals surface area contributed by atoms with Crippen LogP contribution in [0.25, 0.3) is 0 Å². The van der Waals surface area contributed by atoms with Crippen molar-refractivity contribution in [1.82, 2.24) is 14.9 Å². The van der Waals surface area contributed by atoms with Gasteiger partial charge in [0.25, 0.3) is 5.92 Å². The maximum Gasteiger partial charge on any atom is 0.251 e. The Kier molecular flexibility index (Phi) is 3.97. The Labute approximate surface area is 128 Å². The average Bonchev–Trinajstić information content (AvgIpc) is 2.46. The number of alkyl halides is 2. The summed E-state index contributed by atoms with van der Waals surface area (Å²) in [6, 6.07) is 0. The molecule has 0 radical (unpaired) electrons. The number of carbonyl (C=O) groups is 1. The molecule has 0 saturated carbocycles. The molecule has 3 heterocycles. The van der Waals surface area contributed by atoms with Crippen LogP contribution in [0.5, 0.6) is 0 Å². The molecule has 0 atom stereocenters. The number of aryl methyl sites for hydroxylation is 1. The predicted octanol–water partition coefficient (Wildman–Crippen LogP) is 1.73. The van der Waals surface area contributed by atoms with Gasteiger partial charge >= 0.3 is 0 Å². The van der Waals surface area contributed by atoms with E-state index in [9.17, 15) is 13.6 Å². The molecule has 2 aliphatic heterocycles. The fourth-order valence-corrected chi connectivity index (χ4v) is 2.80. The third-order valence-electron chi connectivity index (χ3n) is 4.42. The summed E-state index contributed by atoms with van der Waals surface area (Å²) >= 11 is 0. The molecule has 0 bridgehead atoms. The van der Waals surface area contributed by atoms with Crippen molar-refractivity contribution < 1.29 is 13.6 Å². The molecular weight excluding hydrogens is 290 g/mol. The minimum absolute atomic E-state index is 0.0167. The van der Waals surface area contributed by atoms with E-state index in [4.69, 9.17) is 0 Å². The highest BCUT2D eigenvalue weighted by atomic mass is 19.3. The molecule has 1 amide bonds. The lowest BCUT2D eigenvalue weighted by molar-refractivity contribution is -0.142. The fraction of sp³-hybridized carbons (Fsp3) is 0.667. The zero-order valence-electron chi connectivity index (χ0n) is 12.6. The summed E-state index contributed by atoms with van der Waals surface area (Å²) < 4.78 is 26.2. The number of amides is 1. The maximum absolute atomic E-state index is 13.1. The van der Waals surface area contributed by atoms with E-state index in [0.717, 1.165) is 12.0 Å². The Morgan fingerprint density at radius 1 is 1.27 bits per heavy atom. The number of piperidine rings is 1. The van der Waals surface area contributed by atoms with Crippen molar-refractivity contribution in [3.63, 3.8) is 0 Å². The molecule has 2 fully saturated rings. The molecule has 0 N–H and O–H groups in total. The molecule has 3 rings (SSSR count). The third-order valence-corrected chi connectivity index (χ3v) is 4.42. The average molecular weight is 310 g/mol. The Hall–Kier alpha value is -1.79. The number of carbonyl (C=O) groups excluding carboxylic acids is 1. The molecule has 0 aromatic carbocycles. The minimum atomic E-state index is -2.61. The van der Waals surface area contributed by atoms with Gasteiger partial charge in [-0.3, -0.25) is 4.79 Å². The first-order valence-electron chi connectivity index (χ1n) is 7.71. The van der Waals surface area contributed by atoms with Crippen LogP contribution in [0.1, 0.15) is 25.3 Å². The first-order valence-corrected chi connectivity index (χ1v) is 7.71. The lowest BCUT2D eigenvalue weighted by atomic mass is 9.97. The van der Waals surface area contributed by atoms with Crippen molar-refractivity contribution in [1.29, 1.82) is 0 Å². The normalized spacial score (nSPS) is 21.6.